The van der Waals surface area contributed by atoms with E-state index >= 15 is 0 Å². The summed E-state index contributed by atoms with van der Waals surface area (Å²) in [7, 11) is 6.45. The minimum absolute atomic E-state index is 0.178. The lowest BCUT2D eigenvalue weighted by Gasteiger charge is -2.32. The van der Waals surface area contributed by atoms with Gasteiger partial charge in [0, 0.05) is 137 Å². The lowest BCUT2D eigenvalue weighted by Crippen LogP contribution is -2.45. The van der Waals surface area contributed by atoms with Crippen molar-refractivity contribution in [2.75, 3.05) is 120 Å². The average Bonchev–Trinajstić information content (AvgIpc) is 3.37. The second-order valence-electron chi connectivity index (χ2n) is 17.0. The van der Waals surface area contributed by atoms with Crippen LogP contribution in [0.4, 0.5) is 23.5 Å². The van der Waals surface area contributed by atoms with Crippen LogP contribution >= 0.6 is 69.2 Å². The Morgan fingerprint density at radius 1 is 0.514 bits per heavy atom. The number of hydrogen-bond donors (Lipinski definition) is 1. The lowest BCUT2D eigenvalue weighted by molar-refractivity contribution is 0.311. The molecule has 3 saturated heterocycles. The molecule has 0 spiro atoms. The van der Waals surface area contributed by atoms with Gasteiger partial charge < -0.3 is 35.1 Å². The van der Waals surface area contributed by atoms with Crippen LogP contribution in [0.3, 0.4) is 0 Å². The maximum absolute atomic E-state index is 5.94. The molecule has 0 atom stereocenters. The number of anilines is 4. The summed E-state index contributed by atoms with van der Waals surface area (Å²) < 4.78 is 1.13. The number of nitrogens with zero attached hydrogens (tertiary/aromatic N) is 16. The first-order valence-electron chi connectivity index (χ1n) is 23.3. The summed E-state index contributed by atoms with van der Waals surface area (Å²) in [6.07, 6.45) is 8.80. The predicted octanol–water partition coefficient (Wildman–Crippen LogP) is 8.53. The third-order valence-electron chi connectivity index (χ3n) is 11.3. The van der Waals surface area contributed by atoms with Gasteiger partial charge in [-0.25, -0.2) is 49.8 Å². The van der Waals surface area contributed by atoms with Crippen LogP contribution in [0.25, 0.3) is 11.3 Å². The molecule has 0 amide bonds. The number of nitrogen functional groups attached to an aromatic ring is 1. The minimum Gasteiger partial charge on any atom is -0.399 e. The first-order chi connectivity index (χ1) is 34.7. The van der Waals surface area contributed by atoms with E-state index in [9.17, 15) is 0 Å². The molecule has 10 rings (SSSR count). The molecule has 0 saturated carbocycles. The molecule has 8 heterocycles. The van der Waals surface area contributed by atoms with Crippen molar-refractivity contribution in [2.45, 2.75) is 30.6 Å². The lowest BCUT2D eigenvalue weighted by atomic mass is 10.1. The largest absolute Gasteiger partial charge is 0.399 e. The van der Waals surface area contributed by atoms with Gasteiger partial charge >= 0.3 is 0 Å². The minimum atomic E-state index is 0.178. The fourth-order valence-electron chi connectivity index (χ4n) is 7.03. The number of halogens is 4. The van der Waals surface area contributed by atoms with E-state index in [0.717, 1.165) is 144 Å². The van der Waals surface area contributed by atoms with Gasteiger partial charge in [-0.3, -0.25) is 0 Å². The third-order valence-corrected chi connectivity index (χ3v) is 13.9. The molecule has 0 bridgehead atoms. The third kappa shape index (κ3) is 18.7. The van der Waals surface area contributed by atoms with E-state index in [4.69, 9.17) is 45.5 Å². The summed E-state index contributed by atoms with van der Waals surface area (Å²) in [6, 6.07) is 23.5. The first-order valence-corrected chi connectivity index (χ1v) is 26.4. The average molecular weight is 1170 g/mol. The number of benzene rings is 2. The highest BCUT2D eigenvalue weighted by molar-refractivity contribution is 14.1. The van der Waals surface area contributed by atoms with Gasteiger partial charge in [-0.05, 0) is 124 Å². The maximum atomic E-state index is 5.94. The van der Waals surface area contributed by atoms with Crippen molar-refractivity contribution in [3.8, 4) is 11.3 Å². The maximum Gasteiger partial charge on any atom is 0.226 e. The van der Waals surface area contributed by atoms with Crippen molar-refractivity contribution in [3.63, 3.8) is 0 Å². The molecule has 2 aromatic carbocycles. The van der Waals surface area contributed by atoms with E-state index in [2.05, 4.69) is 136 Å². The van der Waals surface area contributed by atoms with Crippen LogP contribution in [-0.4, -0.2) is 164 Å². The zero-order chi connectivity index (χ0) is 51.4. The summed E-state index contributed by atoms with van der Waals surface area (Å²) in [5.41, 5.74) is 11.8. The first kappa shape index (κ1) is 56.2. The fourth-order valence-corrected chi connectivity index (χ4v) is 8.77. The second-order valence-corrected chi connectivity index (χ2v) is 20.4. The van der Waals surface area contributed by atoms with E-state index in [-0.39, 0.29) is 5.28 Å². The Bertz CT molecular complexity index is 2670. The van der Waals surface area contributed by atoms with E-state index in [0.29, 0.717) is 10.4 Å². The van der Waals surface area contributed by atoms with E-state index in [1.54, 1.807) is 30.1 Å². The number of rotatable bonds is 6. The van der Waals surface area contributed by atoms with Gasteiger partial charge in [-0.2, -0.15) is 0 Å². The van der Waals surface area contributed by atoms with E-state index in [1.807, 2.05) is 81.8 Å². The Morgan fingerprint density at radius 3 is 1.49 bits per heavy atom. The van der Waals surface area contributed by atoms with Crippen LogP contribution < -0.4 is 20.4 Å². The number of nitrogens with two attached hydrogens (primary N) is 1. The molecule has 3 aliphatic rings. The summed E-state index contributed by atoms with van der Waals surface area (Å²) >= 11 is 20.1. The normalized spacial score (nSPS) is 15.1. The van der Waals surface area contributed by atoms with Crippen LogP contribution in [0.1, 0.15) is 17.1 Å². The number of aryl methyl sites for hydroxylation is 3. The summed E-state index contributed by atoms with van der Waals surface area (Å²) in [4.78, 5) is 57.8. The van der Waals surface area contributed by atoms with Gasteiger partial charge in [-0.15, -0.1) is 0 Å². The van der Waals surface area contributed by atoms with Crippen LogP contribution in [0.5, 0.6) is 0 Å². The molecule has 22 heteroatoms. The molecule has 0 radical (unpaired) electrons. The number of hydrogen-bond acceptors (Lipinski definition) is 18. The van der Waals surface area contributed by atoms with Crippen molar-refractivity contribution >= 4 is 92.7 Å². The van der Waals surface area contributed by atoms with Crippen molar-refractivity contribution in [1.82, 2.24) is 64.5 Å². The van der Waals surface area contributed by atoms with Crippen LogP contribution in [0, 0.1) is 24.3 Å². The fraction of sp³-hybridized carbons (Fsp3) is 0.360. The highest BCUT2D eigenvalue weighted by atomic mass is 127. The number of likely N-dealkylation sites (N-methyl/N-ethyl adjacent to an activating group) is 3. The van der Waals surface area contributed by atoms with Crippen molar-refractivity contribution in [1.29, 1.82) is 0 Å². The molecular formula is C50H61Cl3IN17S. The standard InChI is InChI=1S/C21H23N5S.C10H15IN4.C10H16N4.C5H5ClN2.C4H2Cl2N2/c1-25-10-12-26(13-11-25)21-23-15-19(27-18-9-5-8-17(22)14-18)20(24-21)16-6-3-2-4-7-16;1-8-9(11)7-12-10(13-8)15-5-3-14(2)4-6-15;1-9-3-4-11-10(12-9)14-7-5-13(2)6-8-14;1-4-2-3-7-5(6)8-4;5-3-1-2-7-4(6)8-3/h2-9,14-15H,10-13,22H2,1H3;7H,3-6H2,1-2H3;3-4H,5-8H2,1-2H3;2-3H,1H3;1-2H. The molecule has 7 aromatic rings. The van der Waals surface area contributed by atoms with E-state index < -0.39 is 0 Å². The Kier molecular flexibility index (Phi) is 22.6. The quantitative estimate of drug-likeness (QED) is 0.0725. The number of aromatic nitrogens is 10. The molecule has 0 unspecified atom stereocenters. The highest BCUT2D eigenvalue weighted by Gasteiger charge is 2.20. The van der Waals surface area contributed by atoms with Gasteiger partial charge in [0.05, 0.1) is 19.9 Å². The Balaban J connectivity index is 0.000000160. The second kappa shape index (κ2) is 28.9. The molecule has 17 nitrogen and oxygen atoms in total. The van der Waals surface area contributed by atoms with Gasteiger partial charge in [0.25, 0.3) is 0 Å². The molecule has 72 heavy (non-hydrogen) atoms. The Morgan fingerprint density at radius 2 is 1.01 bits per heavy atom. The van der Waals surface area contributed by atoms with Gasteiger partial charge in [0.15, 0.2) is 0 Å². The van der Waals surface area contributed by atoms with E-state index in [1.165, 1.54) is 6.20 Å². The molecule has 2 N–H and O–H groups in total. The van der Waals surface area contributed by atoms with Gasteiger partial charge in [-0.1, -0.05) is 59.8 Å². The smallest absolute Gasteiger partial charge is 0.226 e. The molecular weight excluding hydrogens is 1100 g/mol. The zero-order valence-electron chi connectivity index (χ0n) is 41.5. The SMILES string of the molecule is CN1CCN(c2ncc(Sc3cccc(N)c3)c(-c3ccccc3)n2)CC1.Cc1ccnc(Cl)n1.Cc1ccnc(N2CCN(C)CC2)n1.Cc1nc(N2CCN(C)CC2)ncc1I.Clc1ccnc(Cl)n1. The van der Waals surface area contributed by atoms with Gasteiger partial charge in [0.2, 0.25) is 28.4 Å². The summed E-state index contributed by atoms with van der Waals surface area (Å²) in [5.74, 6) is 2.55. The molecule has 5 aromatic heterocycles. The zero-order valence-corrected chi connectivity index (χ0v) is 46.7. The van der Waals surface area contributed by atoms with Crippen LogP contribution in [0.2, 0.25) is 15.7 Å². The molecule has 3 aliphatic heterocycles. The molecule has 0 aliphatic carbocycles. The number of piperazine rings is 3. The summed E-state index contributed by atoms with van der Waals surface area (Å²) in [5, 5.41) is 0.854. The van der Waals surface area contributed by atoms with Crippen LogP contribution in [0.15, 0.2) is 114 Å². The van der Waals surface area contributed by atoms with Crippen molar-refractivity contribution in [2.24, 2.45) is 0 Å². The topological polar surface area (TPSA) is 174 Å². The Hall–Kier alpha value is -5.13. The summed E-state index contributed by atoms with van der Waals surface area (Å²) in [6.45, 7) is 18.3. The highest BCUT2D eigenvalue weighted by Crippen LogP contribution is 2.36. The predicted molar refractivity (Wildman–Crippen MR) is 302 cm³/mol. The molecule has 380 valence electrons. The van der Waals surface area contributed by atoms with Crippen molar-refractivity contribution < 1.29 is 0 Å². The monoisotopic (exact) mass is 1160 g/mol. The Labute approximate surface area is 456 Å². The van der Waals surface area contributed by atoms with Gasteiger partial charge in [0.1, 0.15) is 5.15 Å². The van der Waals surface area contributed by atoms with Crippen molar-refractivity contribution in [3.05, 3.63) is 140 Å². The van der Waals surface area contributed by atoms with Crippen LogP contribution in [-0.2, 0) is 0 Å². The molecule has 3 fully saturated rings.